The molecule has 0 radical (unpaired) electrons. The Balaban J connectivity index is -0.000000720. The van der Waals surface area contributed by atoms with Gasteiger partial charge >= 0.3 is 59.1 Å². The summed E-state index contributed by atoms with van der Waals surface area (Å²) in [7, 11) is -3.86. The number of amides is 1. The second-order valence-corrected chi connectivity index (χ2v) is 3.73. The molecule has 0 aliphatic heterocycles. The Bertz CT molecular complexity index is 315. The van der Waals surface area contributed by atoms with Gasteiger partial charge in [0.2, 0.25) is 5.91 Å². The Morgan fingerprint density at radius 2 is 1.73 bits per heavy atom. The molecule has 0 aromatic rings. The summed E-state index contributed by atoms with van der Waals surface area (Å²) in [5.74, 6) is -2.92. The van der Waals surface area contributed by atoms with E-state index in [9.17, 15) is 27.7 Å². The van der Waals surface area contributed by atoms with Gasteiger partial charge in [-0.15, -0.1) is 0 Å². The summed E-state index contributed by atoms with van der Waals surface area (Å²) in [5.41, 5.74) is 0. The normalized spacial score (nSPS) is 11.6. The van der Waals surface area contributed by atoms with E-state index >= 15 is 0 Å². The minimum Gasteiger partial charge on any atom is -0.747 e. The van der Waals surface area contributed by atoms with Crippen LogP contribution in [-0.4, -0.2) is 37.1 Å². The molecule has 1 amide bonds. The summed E-state index contributed by atoms with van der Waals surface area (Å²) in [6.07, 6.45) is -0.926. The zero-order valence-corrected chi connectivity index (χ0v) is 13.5. The summed E-state index contributed by atoms with van der Waals surface area (Å²) in [6.45, 7) is 0. The Morgan fingerprint density at radius 3 is 1.93 bits per heavy atom. The van der Waals surface area contributed by atoms with Crippen molar-refractivity contribution in [3.05, 3.63) is 0 Å². The molecular weight excluding hydrogens is 248 g/mol. The van der Waals surface area contributed by atoms with E-state index in [4.69, 9.17) is 0 Å². The number of nitrogens with one attached hydrogen (secondary N) is 1. The number of hydrogen-bond donors (Lipinski definition) is 1. The first-order chi connectivity index (χ1) is 5.79. The largest absolute Gasteiger partial charge is 1.00 e. The fraction of sp³-hybridized carbons (Fsp3) is 0.600. The number of carboxylic acids is 1. The van der Waals surface area contributed by atoms with Crippen LogP contribution in [-0.2, 0) is 19.7 Å². The number of aliphatic carboxylic acids is 1. The zero-order chi connectivity index (χ0) is 10.6. The quantitative estimate of drug-likeness (QED) is 0.392. The van der Waals surface area contributed by atoms with Gasteiger partial charge in [0, 0.05) is 13.5 Å². The van der Waals surface area contributed by atoms with Crippen molar-refractivity contribution in [2.75, 3.05) is 7.05 Å². The van der Waals surface area contributed by atoms with Crippen LogP contribution in [0.4, 0.5) is 0 Å². The van der Waals surface area contributed by atoms with Crippen LogP contribution >= 0.6 is 0 Å². The third kappa shape index (κ3) is 8.64. The van der Waals surface area contributed by atoms with Gasteiger partial charge in [0.15, 0.2) is 0 Å². The molecular formula is C5H7NNa2O6S. The molecule has 0 aromatic heterocycles. The predicted octanol–water partition coefficient (Wildman–Crippen LogP) is -9.21. The third-order valence-corrected chi connectivity index (χ3v) is 2.32. The van der Waals surface area contributed by atoms with Gasteiger partial charge in [-0.25, -0.2) is 8.42 Å². The van der Waals surface area contributed by atoms with Gasteiger partial charge in [-0.1, -0.05) is 0 Å². The van der Waals surface area contributed by atoms with Gasteiger partial charge in [-0.2, -0.15) is 0 Å². The Kier molecular flexibility index (Phi) is 12.6. The van der Waals surface area contributed by atoms with E-state index in [0.717, 1.165) is 0 Å². The van der Waals surface area contributed by atoms with E-state index in [1.807, 2.05) is 5.32 Å². The molecule has 0 aromatic carbocycles. The predicted molar refractivity (Wildman–Crippen MR) is 37.2 cm³/mol. The number of carbonyl (C=O) groups excluding carboxylic acids is 2. The average Bonchev–Trinajstić information content (AvgIpc) is 1.96. The molecule has 10 heteroatoms. The van der Waals surface area contributed by atoms with Gasteiger partial charge in [0.25, 0.3) is 0 Å². The van der Waals surface area contributed by atoms with Crippen LogP contribution in [0, 0.1) is 0 Å². The monoisotopic (exact) mass is 255 g/mol. The Morgan fingerprint density at radius 1 is 1.33 bits per heavy atom. The van der Waals surface area contributed by atoms with Crippen LogP contribution in [0.15, 0.2) is 0 Å². The summed E-state index contributed by atoms with van der Waals surface area (Å²) < 4.78 is 30.8. The van der Waals surface area contributed by atoms with E-state index in [0.29, 0.717) is 0 Å². The van der Waals surface area contributed by atoms with Gasteiger partial charge < -0.3 is 19.8 Å². The van der Waals surface area contributed by atoms with Gasteiger partial charge in [-0.05, 0) is 0 Å². The standard InChI is InChI=1S/C5H9NO6S.2Na/c1-6-4(7)2-3(5(8)9)13(10,11)12;;/h3H,2H2,1H3,(H,6,7)(H,8,9)(H,10,11,12);;/q;2*+1/p-2. The number of rotatable bonds is 4. The number of carbonyl (C=O) groups is 2. The molecule has 1 unspecified atom stereocenters. The molecule has 1 N–H and O–H groups in total. The topological polar surface area (TPSA) is 126 Å². The molecule has 0 heterocycles. The summed E-state index contributed by atoms with van der Waals surface area (Å²) in [6, 6.07) is 0. The maximum absolute atomic E-state index is 10.6. The molecule has 76 valence electrons. The molecule has 0 saturated heterocycles. The second kappa shape index (κ2) is 8.94. The molecule has 0 aliphatic rings. The molecule has 7 nitrogen and oxygen atoms in total. The second-order valence-electron chi connectivity index (χ2n) is 2.18. The fourth-order valence-corrected chi connectivity index (χ4v) is 1.16. The van der Waals surface area contributed by atoms with E-state index in [1.54, 1.807) is 0 Å². The van der Waals surface area contributed by atoms with Crippen molar-refractivity contribution in [3.8, 4) is 0 Å². The SMILES string of the molecule is CNC(=O)CC(C(=O)[O-])S(=O)(=O)[O-].[Na+].[Na+]. The van der Waals surface area contributed by atoms with Crippen LogP contribution in [0.2, 0.25) is 0 Å². The van der Waals surface area contributed by atoms with Crippen molar-refractivity contribution < 1.29 is 86.8 Å². The number of hydrogen-bond acceptors (Lipinski definition) is 6. The van der Waals surface area contributed by atoms with Crippen LogP contribution in [0.25, 0.3) is 0 Å². The molecule has 0 bridgehead atoms. The van der Waals surface area contributed by atoms with E-state index in [-0.39, 0.29) is 59.1 Å². The van der Waals surface area contributed by atoms with Crippen molar-refractivity contribution >= 4 is 22.0 Å². The fourth-order valence-electron chi connectivity index (χ4n) is 0.574. The van der Waals surface area contributed by atoms with Crippen molar-refractivity contribution in [3.63, 3.8) is 0 Å². The van der Waals surface area contributed by atoms with Crippen molar-refractivity contribution in [1.82, 2.24) is 5.32 Å². The average molecular weight is 255 g/mol. The first-order valence-corrected chi connectivity index (χ1v) is 4.62. The van der Waals surface area contributed by atoms with Crippen molar-refractivity contribution in [2.45, 2.75) is 11.7 Å². The molecule has 0 fully saturated rings. The first-order valence-electron chi connectivity index (χ1n) is 3.15. The summed E-state index contributed by atoms with van der Waals surface area (Å²) >= 11 is 0. The van der Waals surface area contributed by atoms with Gasteiger partial charge in [0.05, 0.1) is 11.2 Å². The van der Waals surface area contributed by atoms with Crippen LogP contribution in [0.1, 0.15) is 6.42 Å². The maximum atomic E-state index is 10.6. The molecule has 15 heavy (non-hydrogen) atoms. The smallest absolute Gasteiger partial charge is 0.747 e. The van der Waals surface area contributed by atoms with E-state index in [1.165, 1.54) is 7.05 Å². The van der Waals surface area contributed by atoms with E-state index < -0.39 is 33.7 Å². The van der Waals surface area contributed by atoms with Crippen LogP contribution in [0.3, 0.4) is 0 Å². The number of carboxylic acid groups (broad SMARTS) is 1. The zero-order valence-electron chi connectivity index (χ0n) is 8.64. The molecule has 0 rings (SSSR count). The summed E-state index contributed by atoms with van der Waals surface area (Å²) in [4.78, 5) is 20.7. The minimum atomic E-state index is -5.04. The molecule has 0 aliphatic carbocycles. The van der Waals surface area contributed by atoms with E-state index in [2.05, 4.69) is 0 Å². The van der Waals surface area contributed by atoms with Gasteiger partial charge in [-0.3, -0.25) is 4.79 Å². The Labute approximate surface area is 131 Å². The minimum absolute atomic E-state index is 0. The molecule has 0 spiro atoms. The first kappa shape index (κ1) is 21.2. The van der Waals surface area contributed by atoms with Crippen molar-refractivity contribution in [2.24, 2.45) is 0 Å². The Hall–Kier alpha value is 0.850. The molecule has 0 saturated carbocycles. The van der Waals surface area contributed by atoms with Crippen molar-refractivity contribution in [1.29, 1.82) is 0 Å². The maximum Gasteiger partial charge on any atom is 1.00 e. The summed E-state index contributed by atoms with van der Waals surface area (Å²) in [5, 5.41) is 9.79. The molecule has 1 atom stereocenters. The van der Waals surface area contributed by atoms with Crippen LogP contribution in [0.5, 0.6) is 0 Å². The van der Waals surface area contributed by atoms with Crippen LogP contribution < -0.4 is 69.5 Å². The van der Waals surface area contributed by atoms with Gasteiger partial charge in [0.1, 0.15) is 10.1 Å². The third-order valence-electron chi connectivity index (χ3n) is 1.26.